The number of phenols is 1. The first-order valence-electron chi connectivity index (χ1n) is 7.85. The molecule has 2 aromatic rings. The van der Waals surface area contributed by atoms with Gasteiger partial charge in [-0.05, 0) is 59.2 Å². The Hall–Kier alpha value is -2.16. The molecular weight excluding hydrogens is 276 g/mol. The van der Waals surface area contributed by atoms with Crippen molar-refractivity contribution < 1.29 is 14.6 Å². The van der Waals surface area contributed by atoms with Crippen molar-refractivity contribution in [1.29, 1.82) is 0 Å². The maximum Gasteiger partial charge on any atom is 0.231 e. The lowest BCUT2D eigenvalue weighted by Crippen LogP contribution is -2.26. The van der Waals surface area contributed by atoms with Gasteiger partial charge in [0.1, 0.15) is 5.75 Å². The van der Waals surface area contributed by atoms with Crippen molar-refractivity contribution in [2.24, 2.45) is 11.8 Å². The quantitative estimate of drug-likeness (QED) is 0.861. The van der Waals surface area contributed by atoms with Crippen LogP contribution in [0, 0.1) is 11.8 Å². The van der Waals surface area contributed by atoms with Crippen molar-refractivity contribution in [2.45, 2.75) is 26.2 Å². The highest BCUT2D eigenvalue weighted by Gasteiger charge is 2.34. The van der Waals surface area contributed by atoms with Crippen molar-refractivity contribution in [3.8, 4) is 17.2 Å². The zero-order valence-electron chi connectivity index (χ0n) is 12.9. The molecule has 0 radical (unpaired) electrons. The number of fused-ring (bicyclic) bond motifs is 2. The van der Waals surface area contributed by atoms with Crippen LogP contribution in [-0.4, -0.2) is 11.9 Å². The van der Waals surface area contributed by atoms with Crippen LogP contribution in [0.2, 0.25) is 0 Å². The van der Waals surface area contributed by atoms with Crippen LogP contribution >= 0.6 is 0 Å². The van der Waals surface area contributed by atoms with Gasteiger partial charge in [-0.3, -0.25) is 0 Å². The van der Waals surface area contributed by atoms with Gasteiger partial charge in [0, 0.05) is 5.92 Å². The van der Waals surface area contributed by atoms with E-state index in [0.29, 0.717) is 30.3 Å². The Morgan fingerprint density at radius 1 is 1.00 bits per heavy atom. The molecular formula is C19H20O3. The van der Waals surface area contributed by atoms with Gasteiger partial charge >= 0.3 is 0 Å². The lowest BCUT2D eigenvalue weighted by atomic mass is 9.68. The highest BCUT2D eigenvalue weighted by molar-refractivity contribution is 5.53. The molecule has 0 fully saturated rings. The van der Waals surface area contributed by atoms with E-state index in [-0.39, 0.29) is 0 Å². The second-order valence-corrected chi connectivity index (χ2v) is 6.51. The minimum Gasteiger partial charge on any atom is -0.508 e. The van der Waals surface area contributed by atoms with Gasteiger partial charge in [-0.25, -0.2) is 0 Å². The number of benzene rings is 2. The molecule has 0 saturated carbocycles. The highest BCUT2D eigenvalue weighted by atomic mass is 16.7. The Morgan fingerprint density at radius 2 is 1.68 bits per heavy atom. The van der Waals surface area contributed by atoms with Gasteiger partial charge in [-0.1, -0.05) is 26.0 Å². The number of hydrogen-bond donors (Lipinski definition) is 1. The predicted molar refractivity (Wildman–Crippen MR) is 84.5 cm³/mol. The van der Waals surface area contributed by atoms with Crippen LogP contribution in [0.5, 0.6) is 17.2 Å². The third-order valence-electron chi connectivity index (χ3n) is 5.19. The summed E-state index contributed by atoms with van der Waals surface area (Å²) in [4.78, 5) is 0. The minimum atomic E-state index is 0.311. The van der Waals surface area contributed by atoms with Gasteiger partial charge in [0.15, 0.2) is 11.5 Å². The molecule has 2 aromatic carbocycles. The zero-order valence-corrected chi connectivity index (χ0v) is 12.9. The molecule has 0 spiro atoms. The Bertz CT molecular complexity index is 705. The summed E-state index contributed by atoms with van der Waals surface area (Å²) in [5.74, 6) is 3.50. The van der Waals surface area contributed by atoms with Gasteiger partial charge in [-0.15, -0.1) is 0 Å². The molecule has 4 rings (SSSR count). The Balaban J connectivity index is 1.85. The fourth-order valence-corrected chi connectivity index (χ4v) is 3.78. The fourth-order valence-electron chi connectivity index (χ4n) is 3.78. The van der Waals surface area contributed by atoms with E-state index in [1.807, 2.05) is 12.1 Å². The standard InChI is InChI=1S/C19H20O3/c1-11-7-14-8-17-18(22-10-21-17)9-16(14)19(12(11)2)13-3-5-15(20)6-4-13/h3-6,8-9,11-12,19-20H,7,10H2,1-2H3/t11-,12-,19-/m0/s1. The molecule has 0 aromatic heterocycles. The number of aromatic hydroxyl groups is 1. The maximum atomic E-state index is 9.56. The van der Waals surface area contributed by atoms with E-state index in [2.05, 4.69) is 26.0 Å². The number of ether oxygens (including phenoxy) is 2. The zero-order chi connectivity index (χ0) is 15.3. The van der Waals surface area contributed by atoms with Crippen molar-refractivity contribution >= 4 is 0 Å². The SMILES string of the molecule is C[C@@H]1[C@@H](c2ccc(O)cc2)c2cc3c(cc2C[C@@H]1C)OCO3. The fraction of sp³-hybridized carbons (Fsp3) is 0.368. The highest BCUT2D eigenvalue weighted by Crippen LogP contribution is 2.47. The average Bonchev–Trinajstić information content (AvgIpc) is 2.95. The largest absolute Gasteiger partial charge is 0.508 e. The molecule has 1 N–H and O–H groups in total. The van der Waals surface area contributed by atoms with E-state index >= 15 is 0 Å². The van der Waals surface area contributed by atoms with E-state index in [1.165, 1.54) is 16.7 Å². The Kier molecular flexibility index (Phi) is 3.03. The van der Waals surface area contributed by atoms with Crippen molar-refractivity contribution in [2.75, 3.05) is 6.79 Å². The van der Waals surface area contributed by atoms with Crippen molar-refractivity contribution in [3.63, 3.8) is 0 Å². The molecule has 0 saturated heterocycles. The van der Waals surface area contributed by atoms with Crippen molar-refractivity contribution in [1.82, 2.24) is 0 Å². The Labute approximate surface area is 130 Å². The van der Waals surface area contributed by atoms with Crippen molar-refractivity contribution in [3.05, 3.63) is 53.1 Å². The first-order valence-corrected chi connectivity index (χ1v) is 7.85. The summed E-state index contributed by atoms with van der Waals surface area (Å²) in [6.45, 7) is 4.94. The molecule has 1 aliphatic carbocycles. The van der Waals surface area contributed by atoms with Crippen LogP contribution in [0.1, 0.15) is 36.5 Å². The smallest absolute Gasteiger partial charge is 0.231 e. The van der Waals surface area contributed by atoms with Crippen LogP contribution in [0.3, 0.4) is 0 Å². The van der Waals surface area contributed by atoms with E-state index in [1.54, 1.807) is 12.1 Å². The first kappa shape index (κ1) is 13.5. The second-order valence-electron chi connectivity index (χ2n) is 6.51. The van der Waals surface area contributed by atoms with E-state index in [9.17, 15) is 5.11 Å². The topological polar surface area (TPSA) is 38.7 Å². The molecule has 0 bridgehead atoms. The molecule has 2 aliphatic rings. The van der Waals surface area contributed by atoms with Gasteiger partial charge in [-0.2, -0.15) is 0 Å². The van der Waals surface area contributed by atoms with Crippen LogP contribution in [0.25, 0.3) is 0 Å². The van der Waals surface area contributed by atoms with Crippen LogP contribution in [-0.2, 0) is 6.42 Å². The van der Waals surface area contributed by atoms with Gasteiger partial charge < -0.3 is 14.6 Å². The maximum absolute atomic E-state index is 9.56. The summed E-state index contributed by atoms with van der Waals surface area (Å²) in [7, 11) is 0. The predicted octanol–water partition coefficient (Wildman–Crippen LogP) is 4.08. The normalized spacial score (nSPS) is 25.8. The summed E-state index contributed by atoms with van der Waals surface area (Å²) in [6.07, 6.45) is 1.07. The first-order chi connectivity index (χ1) is 10.6. The molecule has 3 heteroatoms. The van der Waals surface area contributed by atoms with Gasteiger partial charge in [0.25, 0.3) is 0 Å². The molecule has 1 heterocycles. The van der Waals surface area contributed by atoms with Crippen LogP contribution in [0.15, 0.2) is 36.4 Å². The Morgan fingerprint density at radius 3 is 2.41 bits per heavy atom. The average molecular weight is 296 g/mol. The molecule has 114 valence electrons. The number of phenolic OH excluding ortho intramolecular Hbond substituents is 1. The molecule has 1 aliphatic heterocycles. The van der Waals surface area contributed by atoms with Gasteiger partial charge in [0.05, 0.1) is 0 Å². The van der Waals surface area contributed by atoms with Crippen LogP contribution in [0.4, 0.5) is 0 Å². The third-order valence-corrected chi connectivity index (χ3v) is 5.19. The number of rotatable bonds is 1. The second kappa shape index (κ2) is 4.94. The van der Waals surface area contributed by atoms with E-state index in [4.69, 9.17) is 9.47 Å². The molecule has 0 amide bonds. The summed E-state index contributed by atoms with van der Waals surface area (Å²) in [5.41, 5.74) is 3.94. The minimum absolute atomic E-state index is 0.311. The third kappa shape index (κ3) is 2.04. The van der Waals surface area contributed by atoms with E-state index in [0.717, 1.165) is 17.9 Å². The number of hydrogen-bond acceptors (Lipinski definition) is 3. The van der Waals surface area contributed by atoms with Crippen LogP contribution < -0.4 is 9.47 Å². The lowest BCUT2D eigenvalue weighted by Gasteiger charge is -2.36. The summed E-state index contributed by atoms with van der Waals surface area (Å²) >= 11 is 0. The van der Waals surface area contributed by atoms with Gasteiger partial charge in [0.2, 0.25) is 6.79 Å². The lowest BCUT2D eigenvalue weighted by molar-refractivity contribution is 0.174. The summed E-state index contributed by atoms with van der Waals surface area (Å²) < 4.78 is 11.1. The molecule has 3 nitrogen and oxygen atoms in total. The summed E-state index contributed by atoms with van der Waals surface area (Å²) in [5, 5.41) is 9.56. The molecule has 3 atom stereocenters. The monoisotopic (exact) mass is 296 g/mol. The molecule has 22 heavy (non-hydrogen) atoms. The molecule has 0 unspecified atom stereocenters. The van der Waals surface area contributed by atoms with E-state index < -0.39 is 0 Å². The summed E-state index contributed by atoms with van der Waals surface area (Å²) in [6, 6.07) is 11.9.